The topological polar surface area (TPSA) is 82.2 Å². The quantitative estimate of drug-likeness (QED) is 0.682. The van der Waals surface area contributed by atoms with Gasteiger partial charge in [-0.15, -0.1) is 0 Å². The summed E-state index contributed by atoms with van der Waals surface area (Å²) in [4.78, 5) is 15.8. The van der Waals surface area contributed by atoms with Gasteiger partial charge < -0.3 is 15.0 Å². The van der Waals surface area contributed by atoms with Crippen molar-refractivity contribution in [3.63, 3.8) is 0 Å². The fourth-order valence-electron chi connectivity index (χ4n) is 2.69. The molecule has 1 atom stereocenters. The number of ether oxygens (including phenoxy) is 1. The largest absolute Gasteiger partial charge is 0.457 e. The average Bonchev–Trinajstić information content (AvgIpc) is 2.98. The number of hydrogen-bond donors (Lipinski definition) is 2. The minimum Gasteiger partial charge on any atom is -0.457 e. The Balaban J connectivity index is 1.86. The number of carbonyl (C=O) groups is 1. The molecule has 0 saturated heterocycles. The molecule has 0 aliphatic carbocycles. The van der Waals surface area contributed by atoms with Crippen molar-refractivity contribution in [3.8, 4) is 11.5 Å². The van der Waals surface area contributed by atoms with Crippen molar-refractivity contribution >= 4 is 16.9 Å². The van der Waals surface area contributed by atoms with Crippen LogP contribution in [0.1, 0.15) is 19.7 Å². The van der Waals surface area contributed by atoms with Crippen LogP contribution in [-0.2, 0) is 17.9 Å². The molecule has 0 spiro atoms. The SMILES string of the molecule is CCn1c(CN[C@@H](C)C(N)=O)nc2ccc(Oc3ccc(F)cc3)cc21. The van der Waals surface area contributed by atoms with Crippen molar-refractivity contribution in [3.05, 3.63) is 54.1 Å². The maximum absolute atomic E-state index is 13.0. The van der Waals surface area contributed by atoms with Crippen LogP contribution in [0.15, 0.2) is 42.5 Å². The Labute approximate surface area is 150 Å². The normalized spacial score (nSPS) is 12.3. The standard InChI is InChI=1S/C19H21FN4O2/c1-3-24-17-10-15(26-14-6-4-13(20)5-7-14)8-9-16(17)23-18(24)11-22-12(2)19(21)25/h4-10,12,22H,3,11H2,1-2H3,(H2,21,25)/t12-/m0/s1. The number of aromatic nitrogens is 2. The first-order valence-corrected chi connectivity index (χ1v) is 8.43. The summed E-state index contributed by atoms with van der Waals surface area (Å²) in [5.74, 6) is 1.31. The van der Waals surface area contributed by atoms with Gasteiger partial charge in [0.25, 0.3) is 0 Å². The second kappa shape index (κ2) is 7.53. The predicted molar refractivity (Wildman–Crippen MR) is 97.4 cm³/mol. The van der Waals surface area contributed by atoms with Gasteiger partial charge in [-0.2, -0.15) is 0 Å². The van der Waals surface area contributed by atoms with Crippen LogP contribution < -0.4 is 15.8 Å². The van der Waals surface area contributed by atoms with E-state index < -0.39 is 11.9 Å². The summed E-state index contributed by atoms with van der Waals surface area (Å²) in [7, 11) is 0. The minimum atomic E-state index is -0.433. The van der Waals surface area contributed by atoms with Crippen LogP contribution in [0.2, 0.25) is 0 Å². The van der Waals surface area contributed by atoms with Gasteiger partial charge in [0.2, 0.25) is 5.91 Å². The highest BCUT2D eigenvalue weighted by molar-refractivity contribution is 5.79. The molecule has 136 valence electrons. The number of nitrogens with one attached hydrogen (secondary N) is 1. The van der Waals surface area contributed by atoms with Crippen LogP contribution in [0.5, 0.6) is 11.5 Å². The molecule has 2 aromatic carbocycles. The van der Waals surface area contributed by atoms with Crippen molar-refractivity contribution in [2.75, 3.05) is 0 Å². The molecule has 1 heterocycles. The summed E-state index contributed by atoms with van der Waals surface area (Å²) in [6, 6.07) is 11.0. The molecule has 26 heavy (non-hydrogen) atoms. The molecule has 0 radical (unpaired) electrons. The zero-order valence-corrected chi connectivity index (χ0v) is 14.7. The lowest BCUT2D eigenvalue weighted by atomic mass is 10.3. The highest BCUT2D eigenvalue weighted by Crippen LogP contribution is 2.26. The summed E-state index contributed by atoms with van der Waals surface area (Å²) in [6.45, 7) is 4.89. The van der Waals surface area contributed by atoms with Gasteiger partial charge in [-0.3, -0.25) is 10.1 Å². The van der Waals surface area contributed by atoms with Gasteiger partial charge in [-0.05, 0) is 50.2 Å². The lowest BCUT2D eigenvalue weighted by Crippen LogP contribution is -2.38. The van der Waals surface area contributed by atoms with Crippen molar-refractivity contribution < 1.29 is 13.9 Å². The minimum absolute atomic E-state index is 0.306. The predicted octanol–water partition coefficient (Wildman–Crippen LogP) is 2.95. The van der Waals surface area contributed by atoms with Gasteiger partial charge in [0, 0.05) is 12.6 Å². The van der Waals surface area contributed by atoms with Crippen LogP contribution >= 0.6 is 0 Å². The second-order valence-corrected chi connectivity index (χ2v) is 5.98. The number of aryl methyl sites for hydroxylation is 1. The van der Waals surface area contributed by atoms with E-state index in [4.69, 9.17) is 10.5 Å². The van der Waals surface area contributed by atoms with Gasteiger partial charge in [0.1, 0.15) is 23.1 Å². The molecule has 0 aliphatic rings. The molecule has 3 aromatic rings. The van der Waals surface area contributed by atoms with Crippen LogP contribution in [0.25, 0.3) is 11.0 Å². The van der Waals surface area contributed by atoms with Gasteiger partial charge in [0.05, 0.1) is 23.6 Å². The Morgan fingerprint density at radius 1 is 1.27 bits per heavy atom. The van der Waals surface area contributed by atoms with Crippen LogP contribution in [0.4, 0.5) is 4.39 Å². The first-order valence-electron chi connectivity index (χ1n) is 8.43. The molecule has 1 amide bonds. The molecule has 3 N–H and O–H groups in total. The first kappa shape index (κ1) is 17.9. The Morgan fingerprint density at radius 3 is 2.62 bits per heavy atom. The summed E-state index contributed by atoms with van der Waals surface area (Å²) >= 11 is 0. The summed E-state index contributed by atoms with van der Waals surface area (Å²) in [6.07, 6.45) is 0. The molecule has 0 saturated carbocycles. The van der Waals surface area contributed by atoms with E-state index in [-0.39, 0.29) is 5.82 Å². The number of imidazole rings is 1. The first-order chi connectivity index (χ1) is 12.5. The van der Waals surface area contributed by atoms with E-state index in [9.17, 15) is 9.18 Å². The second-order valence-electron chi connectivity index (χ2n) is 5.98. The molecule has 0 fully saturated rings. The summed E-state index contributed by atoms with van der Waals surface area (Å²) in [5, 5.41) is 3.07. The van der Waals surface area contributed by atoms with Crippen LogP contribution in [0.3, 0.4) is 0 Å². The van der Waals surface area contributed by atoms with Crippen LogP contribution in [-0.4, -0.2) is 21.5 Å². The maximum atomic E-state index is 13.0. The molecule has 0 unspecified atom stereocenters. The summed E-state index contributed by atoms with van der Waals surface area (Å²) in [5.41, 5.74) is 7.04. The van der Waals surface area contributed by atoms with Crippen molar-refractivity contribution in [2.24, 2.45) is 5.73 Å². The molecular weight excluding hydrogens is 335 g/mol. The van der Waals surface area contributed by atoms with Gasteiger partial charge >= 0.3 is 0 Å². The number of halogens is 1. The zero-order chi connectivity index (χ0) is 18.7. The highest BCUT2D eigenvalue weighted by Gasteiger charge is 2.13. The van der Waals surface area contributed by atoms with E-state index >= 15 is 0 Å². The van der Waals surface area contributed by atoms with Crippen LogP contribution in [0, 0.1) is 5.82 Å². The Kier molecular flexibility index (Phi) is 5.18. The van der Waals surface area contributed by atoms with Gasteiger partial charge in [-0.1, -0.05) is 0 Å². The molecular formula is C19H21FN4O2. The van der Waals surface area contributed by atoms with E-state index in [1.165, 1.54) is 12.1 Å². The molecule has 0 aliphatic heterocycles. The van der Waals surface area contributed by atoms with Gasteiger partial charge in [0.15, 0.2) is 0 Å². The van der Waals surface area contributed by atoms with E-state index in [0.717, 1.165) is 23.4 Å². The fraction of sp³-hybridized carbons (Fsp3) is 0.263. The monoisotopic (exact) mass is 356 g/mol. The van der Waals surface area contributed by atoms with E-state index in [1.807, 2.05) is 29.7 Å². The Hall–Kier alpha value is -2.93. The van der Waals surface area contributed by atoms with E-state index in [2.05, 4.69) is 10.3 Å². The number of carbonyl (C=O) groups excluding carboxylic acids is 1. The van der Waals surface area contributed by atoms with E-state index in [1.54, 1.807) is 19.1 Å². The number of amides is 1. The summed E-state index contributed by atoms with van der Waals surface area (Å²) < 4.78 is 20.9. The van der Waals surface area contributed by atoms with Crippen molar-refractivity contribution in [1.29, 1.82) is 0 Å². The third kappa shape index (κ3) is 3.83. The van der Waals surface area contributed by atoms with E-state index in [0.29, 0.717) is 18.0 Å². The Morgan fingerprint density at radius 2 is 1.96 bits per heavy atom. The third-order valence-corrected chi connectivity index (χ3v) is 4.16. The number of nitrogens with zero attached hydrogens (tertiary/aromatic N) is 2. The maximum Gasteiger partial charge on any atom is 0.234 e. The molecule has 0 bridgehead atoms. The molecule has 7 heteroatoms. The number of benzene rings is 2. The van der Waals surface area contributed by atoms with Crippen molar-refractivity contribution in [1.82, 2.24) is 14.9 Å². The average molecular weight is 356 g/mol. The fourth-order valence-corrected chi connectivity index (χ4v) is 2.69. The molecule has 6 nitrogen and oxygen atoms in total. The third-order valence-electron chi connectivity index (χ3n) is 4.16. The number of nitrogens with two attached hydrogens (primary N) is 1. The molecule has 3 rings (SSSR count). The van der Waals surface area contributed by atoms with Crippen molar-refractivity contribution in [2.45, 2.75) is 33.0 Å². The van der Waals surface area contributed by atoms with Gasteiger partial charge in [-0.25, -0.2) is 9.37 Å². The smallest absolute Gasteiger partial charge is 0.234 e. The Bertz CT molecular complexity index is 921. The lowest BCUT2D eigenvalue weighted by molar-refractivity contribution is -0.119. The highest BCUT2D eigenvalue weighted by atomic mass is 19.1. The number of primary amides is 1. The number of hydrogen-bond acceptors (Lipinski definition) is 4. The number of rotatable bonds is 7. The zero-order valence-electron chi connectivity index (χ0n) is 14.7. The number of fused-ring (bicyclic) bond motifs is 1. The molecule has 1 aromatic heterocycles. The lowest BCUT2D eigenvalue weighted by Gasteiger charge is -2.11.